The van der Waals surface area contributed by atoms with E-state index < -0.39 is 0 Å². The fourth-order valence-corrected chi connectivity index (χ4v) is 1.11. The van der Waals surface area contributed by atoms with E-state index >= 15 is 0 Å². The van der Waals surface area contributed by atoms with Gasteiger partial charge in [0.25, 0.3) is 0 Å². The second-order valence-electron chi connectivity index (χ2n) is 2.85. The summed E-state index contributed by atoms with van der Waals surface area (Å²) in [6.45, 7) is 3.84. The number of allylic oxidation sites excluding steroid dienone is 3. The number of hydrogen-bond donors (Lipinski definition) is 0. The lowest BCUT2D eigenvalue weighted by Crippen LogP contribution is -1.93. The fraction of sp³-hybridized carbons (Fsp3) is 0.0833. The molecule has 0 fully saturated rings. The van der Waals surface area contributed by atoms with Crippen LogP contribution in [0.4, 0.5) is 0 Å². The van der Waals surface area contributed by atoms with Gasteiger partial charge >= 0.3 is 0 Å². The Labute approximate surface area is 88.9 Å². The molecule has 0 saturated heterocycles. The third-order valence-corrected chi connectivity index (χ3v) is 1.80. The van der Waals surface area contributed by atoms with E-state index in [4.69, 9.17) is 0 Å². The molecule has 15 heavy (non-hydrogen) atoms. The Kier molecular flexibility index (Phi) is 4.16. The van der Waals surface area contributed by atoms with Crippen LogP contribution in [-0.2, 0) is 0 Å². The van der Waals surface area contributed by atoms with Crippen molar-refractivity contribution in [2.24, 2.45) is 4.99 Å². The quantitative estimate of drug-likeness (QED) is 0.424. The number of carbonyl (C=O) groups is 1. The summed E-state index contributed by atoms with van der Waals surface area (Å²) >= 11 is 0. The molecule has 3 heteroatoms. The molecule has 0 aliphatic carbocycles. The molecule has 76 valence electrons. The van der Waals surface area contributed by atoms with Crippen molar-refractivity contribution in [3.8, 4) is 0 Å². The van der Waals surface area contributed by atoms with Crippen LogP contribution in [0.15, 0.2) is 42.1 Å². The molecule has 1 aromatic rings. The van der Waals surface area contributed by atoms with Crippen molar-refractivity contribution in [3.05, 3.63) is 48.3 Å². The third-order valence-electron chi connectivity index (χ3n) is 1.80. The summed E-state index contributed by atoms with van der Waals surface area (Å²) in [4.78, 5) is 18.6. The number of pyridine rings is 1. The van der Waals surface area contributed by atoms with E-state index in [1.165, 1.54) is 0 Å². The highest BCUT2D eigenvalue weighted by Gasteiger charge is 2.02. The number of carbonyl (C=O) groups excluding carboxylic acids is 1. The van der Waals surface area contributed by atoms with E-state index in [1.54, 1.807) is 43.7 Å². The van der Waals surface area contributed by atoms with Gasteiger partial charge in [-0.05, 0) is 23.8 Å². The second-order valence-corrected chi connectivity index (χ2v) is 2.85. The first-order valence-electron chi connectivity index (χ1n) is 4.48. The Bertz CT molecular complexity index is 419. The van der Waals surface area contributed by atoms with Gasteiger partial charge in [-0.2, -0.15) is 0 Å². The summed E-state index contributed by atoms with van der Waals surface area (Å²) in [5.41, 5.74) is 1.84. The molecule has 0 atom stereocenters. The topological polar surface area (TPSA) is 42.3 Å². The zero-order valence-electron chi connectivity index (χ0n) is 8.55. The third kappa shape index (κ3) is 2.98. The summed E-state index contributed by atoms with van der Waals surface area (Å²) in [5.74, 6) is 0. The molecule has 1 aromatic heterocycles. The Morgan fingerprint density at radius 3 is 3.07 bits per heavy atom. The van der Waals surface area contributed by atoms with Gasteiger partial charge in [0.1, 0.15) is 0 Å². The highest BCUT2D eigenvalue weighted by Crippen LogP contribution is 2.13. The summed E-state index contributed by atoms with van der Waals surface area (Å²) < 4.78 is 0. The van der Waals surface area contributed by atoms with E-state index in [2.05, 4.69) is 16.6 Å². The molecule has 3 nitrogen and oxygen atoms in total. The summed E-state index contributed by atoms with van der Waals surface area (Å²) in [5, 5.41) is 0. The average molecular weight is 200 g/mol. The zero-order chi connectivity index (χ0) is 11.1. The van der Waals surface area contributed by atoms with Gasteiger partial charge in [0.2, 0.25) is 0 Å². The standard InChI is InChI=1S/C12H12N2O/c1-10(5-3-7-13-2)12-11(9-15)6-4-8-14-12/h3-9H,1H2,2H3/b5-3-,13-7?. The Morgan fingerprint density at radius 2 is 2.40 bits per heavy atom. The maximum Gasteiger partial charge on any atom is 0.152 e. The van der Waals surface area contributed by atoms with Crippen LogP contribution in [0.1, 0.15) is 16.1 Å². The van der Waals surface area contributed by atoms with E-state index in [0.29, 0.717) is 16.8 Å². The predicted octanol–water partition coefficient (Wildman–Crippen LogP) is 2.16. The van der Waals surface area contributed by atoms with E-state index in [0.717, 1.165) is 6.29 Å². The van der Waals surface area contributed by atoms with Gasteiger partial charge in [-0.3, -0.25) is 14.8 Å². The van der Waals surface area contributed by atoms with Crippen LogP contribution in [-0.4, -0.2) is 24.5 Å². The van der Waals surface area contributed by atoms with Gasteiger partial charge in [-0.1, -0.05) is 12.7 Å². The molecule has 0 radical (unpaired) electrons. The maximum atomic E-state index is 10.7. The molecule has 0 N–H and O–H groups in total. The lowest BCUT2D eigenvalue weighted by molar-refractivity contribution is 0.112. The monoisotopic (exact) mass is 200 g/mol. The molecule has 0 unspecified atom stereocenters. The Morgan fingerprint density at radius 1 is 1.60 bits per heavy atom. The molecule has 0 saturated carbocycles. The number of aldehydes is 1. The minimum absolute atomic E-state index is 0.542. The first kappa shape index (κ1) is 11.0. The van der Waals surface area contributed by atoms with E-state index in [-0.39, 0.29) is 0 Å². The fourth-order valence-electron chi connectivity index (χ4n) is 1.11. The highest BCUT2D eigenvalue weighted by atomic mass is 16.1. The molecular formula is C12H12N2O. The number of aromatic nitrogens is 1. The maximum absolute atomic E-state index is 10.7. The SMILES string of the molecule is C=C(/C=C\C=NC)c1ncccc1C=O. The highest BCUT2D eigenvalue weighted by molar-refractivity contribution is 5.87. The largest absolute Gasteiger partial charge is 0.298 e. The first-order valence-corrected chi connectivity index (χ1v) is 4.48. The van der Waals surface area contributed by atoms with Gasteiger partial charge in [-0.15, -0.1) is 0 Å². The van der Waals surface area contributed by atoms with Crippen molar-refractivity contribution in [1.82, 2.24) is 4.98 Å². The Hall–Kier alpha value is -2.03. The molecule has 0 aliphatic heterocycles. The summed E-state index contributed by atoms with van der Waals surface area (Å²) in [7, 11) is 1.69. The van der Waals surface area contributed by atoms with Crippen LogP contribution in [0.2, 0.25) is 0 Å². The minimum Gasteiger partial charge on any atom is -0.298 e. The number of rotatable bonds is 4. The lowest BCUT2D eigenvalue weighted by atomic mass is 10.1. The molecular weight excluding hydrogens is 188 g/mol. The van der Waals surface area contributed by atoms with Crippen molar-refractivity contribution in [1.29, 1.82) is 0 Å². The predicted molar refractivity (Wildman–Crippen MR) is 62.2 cm³/mol. The molecule has 0 amide bonds. The Balaban J connectivity index is 2.95. The molecule has 0 spiro atoms. The number of hydrogen-bond acceptors (Lipinski definition) is 3. The smallest absolute Gasteiger partial charge is 0.152 e. The van der Waals surface area contributed by atoms with Crippen molar-refractivity contribution in [3.63, 3.8) is 0 Å². The van der Waals surface area contributed by atoms with E-state index in [9.17, 15) is 4.79 Å². The van der Waals surface area contributed by atoms with E-state index in [1.807, 2.05) is 0 Å². The van der Waals surface area contributed by atoms with Crippen molar-refractivity contribution in [2.45, 2.75) is 0 Å². The van der Waals surface area contributed by atoms with Gasteiger partial charge in [0, 0.05) is 25.0 Å². The van der Waals surface area contributed by atoms with Crippen molar-refractivity contribution < 1.29 is 4.79 Å². The van der Waals surface area contributed by atoms with Gasteiger partial charge in [0.15, 0.2) is 6.29 Å². The number of aliphatic imine (C=N–C) groups is 1. The normalized spacial score (nSPS) is 11.0. The second kappa shape index (κ2) is 5.65. The molecule has 1 heterocycles. The number of nitrogens with zero attached hydrogens (tertiary/aromatic N) is 2. The molecule has 1 rings (SSSR count). The van der Waals surface area contributed by atoms with Crippen LogP contribution in [0.25, 0.3) is 5.57 Å². The van der Waals surface area contributed by atoms with Gasteiger partial charge in [0.05, 0.1) is 5.69 Å². The van der Waals surface area contributed by atoms with Crippen LogP contribution in [0, 0.1) is 0 Å². The van der Waals surface area contributed by atoms with Crippen LogP contribution in [0.3, 0.4) is 0 Å². The average Bonchev–Trinajstić information content (AvgIpc) is 2.29. The molecule has 0 bridgehead atoms. The minimum atomic E-state index is 0.542. The van der Waals surface area contributed by atoms with Crippen molar-refractivity contribution >= 4 is 18.1 Å². The zero-order valence-corrected chi connectivity index (χ0v) is 8.55. The lowest BCUT2D eigenvalue weighted by Gasteiger charge is -2.01. The van der Waals surface area contributed by atoms with Crippen LogP contribution in [0.5, 0.6) is 0 Å². The van der Waals surface area contributed by atoms with Crippen LogP contribution < -0.4 is 0 Å². The molecule has 0 aliphatic rings. The van der Waals surface area contributed by atoms with Crippen molar-refractivity contribution in [2.75, 3.05) is 7.05 Å². The first-order chi connectivity index (χ1) is 7.29. The van der Waals surface area contributed by atoms with Gasteiger partial charge in [-0.25, -0.2) is 0 Å². The molecule has 0 aromatic carbocycles. The summed E-state index contributed by atoms with van der Waals surface area (Å²) in [6.07, 6.45) is 7.58. The van der Waals surface area contributed by atoms with Crippen LogP contribution >= 0.6 is 0 Å². The summed E-state index contributed by atoms with van der Waals surface area (Å²) in [6, 6.07) is 3.43. The van der Waals surface area contributed by atoms with Gasteiger partial charge < -0.3 is 0 Å².